The number of hydrogen-bond acceptors (Lipinski definition) is 5. The number of nitrogens with two attached hydrogens (primary N) is 2. The Morgan fingerprint density at radius 1 is 1.28 bits per heavy atom. The Morgan fingerprint density at radius 2 is 1.97 bits per heavy atom. The van der Waals surface area contributed by atoms with Crippen LogP contribution in [0.2, 0.25) is 0 Å². The van der Waals surface area contributed by atoms with Gasteiger partial charge in [0, 0.05) is 40.6 Å². The van der Waals surface area contributed by atoms with Gasteiger partial charge in [0.25, 0.3) is 11.5 Å². The lowest BCUT2D eigenvalue weighted by atomic mass is 10.1. The fourth-order valence-corrected chi connectivity index (χ4v) is 4.34. The molecule has 1 aliphatic heterocycles. The Labute approximate surface area is 179 Å². The van der Waals surface area contributed by atoms with Gasteiger partial charge in [0.05, 0.1) is 12.1 Å². The van der Waals surface area contributed by atoms with Crippen LogP contribution in [0.1, 0.15) is 57.7 Å². The van der Waals surface area contributed by atoms with Crippen molar-refractivity contribution in [1.29, 1.82) is 0 Å². The zero-order valence-corrected chi connectivity index (χ0v) is 17.8. The molecule has 1 aliphatic rings. The summed E-state index contributed by atoms with van der Waals surface area (Å²) in [4.78, 5) is 37.5. The summed E-state index contributed by atoms with van der Waals surface area (Å²) >= 11 is 1.45. The number of fused-ring (bicyclic) bond motifs is 1. The van der Waals surface area contributed by atoms with E-state index in [0.29, 0.717) is 33.9 Å². The molecule has 156 valence electrons. The Kier molecular flexibility index (Phi) is 7.89. The molecule has 0 bridgehead atoms. The van der Waals surface area contributed by atoms with Gasteiger partial charge in [0.15, 0.2) is 0 Å². The van der Waals surface area contributed by atoms with E-state index in [-0.39, 0.29) is 36.5 Å². The standard InChI is InChI=1S/C20H24N4O3S.ClH/c1-2-3-8-23-19(26)14-10-24(20(27)16-15(21)11-28-17(14)16)9-12-4-6-13(7-5-12)18(22)25;/h4-7,10,15H,2-3,8-9,11,21H2,1H3,(H2,22,25)(H,23,26);1H/t15-;/m0./s1. The van der Waals surface area contributed by atoms with Crippen molar-refractivity contribution in [2.45, 2.75) is 37.2 Å². The topological polar surface area (TPSA) is 120 Å². The third-order valence-electron chi connectivity index (χ3n) is 4.70. The fraction of sp³-hybridized carbons (Fsp3) is 0.350. The van der Waals surface area contributed by atoms with Gasteiger partial charge in [-0.15, -0.1) is 24.2 Å². The van der Waals surface area contributed by atoms with Gasteiger partial charge in [-0.2, -0.15) is 0 Å². The van der Waals surface area contributed by atoms with Crippen LogP contribution < -0.4 is 22.3 Å². The number of thioether (sulfide) groups is 1. The van der Waals surface area contributed by atoms with E-state index in [1.807, 2.05) is 0 Å². The molecule has 0 fully saturated rings. The lowest BCUT2D eigenvalue weighted by Gasteiger charge is -2.14. The molecule has 1 aromatic heterocycles. The van der Waals surface area contributed by atoms with E-state index >= 15 is 0 Å². The summed E-state index contributed by atoms with van der Waals surface area (Å²) in [6.45, 7) is 2.93. The molecule has 2 amide bonds. The van der Waals surface area contributed by atoms with Crippen LogP contribution in [0.4, 0.5) is 0 Å². The summed E-state index contributed by atoms with van der Waals surface area (Å²) in [6, 6.07) is 6.34. The van der Waals surface area contributed by atoms with Gasteiger partial charge in [-0.3, -0.25) is 14.4 Å². The summed E-state index contributed by atoms with van der Waals surface area (Å²) < 4.78 is 1.51. The van der Waals surface area contributed by atoms with Gasteiger partial charge in [-0.25, -0.2) is 0 Å². The number of rotatable bonds is 7. The molecule has 5 N–H and O–H groups in total. The number of carbonyl (C=O) groups excluding carboxylic acids is 2. The molecule has 9 heteroatoms. The number of hydrogen-bond donors (Lipinski definition) is 3. The summed E-state index contributed by atoms with van der Waals surface area (Å²) in [5.74, 6) is -0.115. The monoisotopic (exact) mass is 436 g/mol. The average molecular weight is 437 g/mol. The van der Waals surface area contributed by atoms with Crippen LogP contribution in [0.5, 0.6) is 0 Å². The van der Waals surface area contributed by atoms with Gasteiger partial charge >= 0.3 is 0 Å². The summed E-state index contributed by atoms with van der Waals surface area (Å²) in [5, 5.41) is 2.92. The Bertz CT molecular complexity index is 959. The van der Waals surface area contributed by atoms with Crippen LogP contribution in [-0.4, -0.2) is 28.7 Å². The third kappa shape index (κ3) is 5.01. The predicted molar refractivity (Wildman–Crippen MR) is 117 cm³/mol. The number of nitrogens with zero attached hydrogens (tertiary/aromatic N) is 1. The highest BCUT2D eigenvalue weighted by Gasteiger charge is 2.29. The molecule has 0 saturated carbocycles. The summed E-state index contributed by atoms with van der Waals surface area (Å²) in [7, 11) is 0. The molecule has 2 aromatic rings. The summed E-state index contributed by atoms with van der Waals surface area (Å²) in [6.07, 6.45) is 3.49. The molecule has 29 heavy (non-hydrogen) atoms. The van der Waals surface area contributed by atoms with E-state index in [2.05, 4.69) is 12.2 Å². The molecular formula is C20H25ClN4O3S. The second-order valence-electron chi connectivity index (χ2n) is 6.81. The van der Waals surface area contributed by atoms with Crippen LogP contribution in [0.3, 0.4) is 0 Å². The van der Waals surface area contributed by atoms with Gasteiger partial charge in [-0.05, 0) is 24.1 Å². The second kappa shape index (κ2) is 9.96. The molecule has 0 aliphatic carbocycles. The van der Waals surface area contributed by atoms with Gasteiger partial charge < -0.3 is 21.4 Å². The first-order chi connectivity index (χ1) is 13.4. The van der Waals surface area contributed by atoms with Gasteiger partial charge in [0.2, 0.25) is 5.91 Å². The van der Waals surface area contributed by atoms with E-state index in [1.165, 1.54) is 16.3 Å². The van der Waals surface area contributed by atoms with E-state index in [0.717, 1.165) is 18.4 Å². The van der Waals surface area contributed by atoms with E-state index < -0.39 is 5.91 Å². The first kappa shape index (κ1) is 23.0. The summed E-state index contributed by atoms with van der Waals surface area (Å²) in [5.41, 5.74) is 13.4. The molecule has 2 heterocycles. The third-order valence-corrected chi connectivity index (χ3v) is 5.95. The van der Waals surface area contributed by atoms with Crippen LogP contribution in [0.25, 0.3) is 0 Å². The lowest BCUT2D eigenvalue weighted by molar-refractivity contribution is 0.0947. The first-order valence-electron chi connectivity index (χ1n) is 9.25. The van der Waals surface area contributed by atoms with Crippen molar-refractivity contribution in [1.82, 2.24) is 9.88 Å². The number of unbranched alkanes of at least 4 members (excludes halogenated alkanes) is 1. The number of primary amides is 1. The molecule has 3 rings (SSSR count). The number of aromatic nitrogens is 1. The number of benzene rings is 1. The minimum Gasteiger partial charge on any atom is -0.366 e. The Morgan fingerprint density at radius 3 is 2.59 bits per heavy atom. The highest BCUT2D eigenvalue weighted by atomic mass is 35.5. The van der Waals surface area contributed by atoms with Crippen molar-refractivity contribution in [2.24, 2.45) is 11.5 Å². The molecule has 1 atom stereocenters. The highest BCUT2D eigenvalue weighted by Crippen LogP contribution is 2.37. The first-order valence-corrected chi connectivity index (χ1v) is 10.2. The Balaban J connectivity index is 0.00000300. The van der Waals surface area contributed by atoms with Crippen molar-refractivity contribution >= 4 is 36.0 Å². The largest absolute Gasteiger partial charge is 0.366 e. The SMILES string of the molecule is CCCCNC(=O)c1cn(Cc2ccc(C(N)=O)cc2)c(=O)c2c1SC[C@@H]2N.Cl. The fourth-order valence-electron chi connectivity index (χ4n) is 3.13. The van der Waals surface area contributed by atoms with Crippen LogP contribution in [-0.2, 0) is 6.54 Å². The quantitative estimate of drug-likeness (QED) is 0.573. The van der Waals surface area contributed by atoms with E-state index in [9.17, 15) is 14.4 Å². The van der Waals surface area contributed by atoms with Crippen molar-refractivity contribution in [2.75, 3.05) is 12.3 Å². The Hall–Kier alpha value is -2.29. The van der Waals surface area contributed by atoms with Gasteiger partial charge in [-0.1, -0.05) is 25.5 Å². The van der Waals surface area contributed by atoms with E-state index in [1.54, 1.807) is 30.5 Å². The van der Waals surface area contributed by atoms with Crippen molar-refractivity contribution < 1.29 is 9.59 Å². The zero-order chi connectivity index (χ0) is 20.3. The number of carbonyl (C=O) groups is 2. The van der Waals surface area contributed by atoms with E-state index in [4.69, 9.17) is 11.5 Å². The predicted octanol–water partition coefficient (Wildman–Crippen LogP) is 2.05. The van der Waals surface area contributed by atoms with Crippen molar-refractivity contribution in [3.63, 3.8) is 0 Å². The smallest absolute Gasteiger partial charge is 0.256 e. The second-order valence-corrected chi connectivity index (χ2v) is 7.84. The molecule has 0 unspecified atom stereocenters. The highest BCUT2D eigenvalue weighted by molar-refractivity contribution is 7.99. The molecule has 0 spiro atoms. The average Bonchev–Trinajstić information content (AvgIpc) is 3.06. The zero-order valence-electron chi connectivity index (χ0n) is 16.1. The molecular weight excluding hydrogens is 412 g/mol. The van der Waals surface area contributed by atoms with Crippen LogP contribution in [0.15, 0.2) is 40.2 Å². The minimum atomic E-state index is -0.504. The number of nitrogens with one attached hydrogen (secondary N) is 1. The maximum atomic E-state index is 12.9. The number of amides is 2. The normalized spacial score (nSPS) is 14.8. The van der Waals surface area contributed by atoms with Crippen LogP contribution in [0, 0.1) is 0 Å². The van der Waals surface area contributed by atoms with Crippen LogP contribution >= 0.6 is 24.2 Å². The molecule has 1 aromatic carbocycles. The lowest BCUT2D eigenvalue weighted by Crippen LogP contribution is -2.32. The number of halogens is 1. The number of pyridine rings is 1. The maximum absolute atomic E-state index is 12.9. The van der Waals surface area contributed by atoms with Crippen molar-refractivity contribution in [3.05, 3.63) is 63.1 Å². The minimum absolute atomic E-state index is 0. The van der Waals surface area contributed by atoms with Crippen molar-refractivity contribution in [3.8, 4) is 0 Å². The molecule has 7 nitrogen and oxygen atoms in total. The van der Waals surface area contributed by atoms with Gasteiger partial charge in [0.1, 0.15) is 0 Å². The molecule has 0 saturated heterocycles. The molecule has 0 radical (unpaired) electrons. The maximum Gasteiger partial charge on any atom is 0.256 e.